The van der Waals surface area contributed by atoms with Crippen molar-refractivity contribution in [2.75, 3.05) is 6.54 Å². The Kier molecular flexibility index (Phi) is 4.44. The van der Waals surface area contributed by atoms with Crippen molar-refractivity contribution in [3.05, 3.63) is 41.7 Å². The molecule has 96 valence electrons. The van der Waals surface area contributed by atoms with Crippen LogP contribution in [0.15, 0.2) is 40.4 Å². The number of rotatable bonds is 5. The lowest BCUT2D eigenvalue weighted by Crippen LogP contribution is -2.12. The van der Waals surface area contributed by atoms with E-state index in [2.05, 4.69) is 42.5 Å². The first-order valence-corrected chi connectivity index (χ1v) is 6.97. The summed E-state index contributed by atoms with van der Waals surface area (Å²) >= 11 is 1.75. The first-order chi connectivity index (χ1) is 8.69. The molecule has 1 heterocycles. The van der Waals surface area contributed by atoms with Gasteiger partial charge in [-0.1, -0.05) is 24.8 Å². The minimum absolute atomic E-state index is 0.945. The van der Waals surface area contributed by atoms with Gasteiger partial charge in [-0.3, -0.25) is 4.68 Å². The van der Waals surface area contributed by atoms with Gasteiger partial charge in [0, 0.05) is 24.7 Å². The molecule has 0 saturated heterocycles. The van der Waals surface area contributed by atoms with Crippen molar-refractivity contribution >= 4 is 11.8 Å². The summed E-state index contributed by atoms with van der Waals surface area (Å²) in [7, 11) is 1.94. The molecule has 1 aromatic carbocycles. The van der Waals surface area contributed by atoms with Crippen LogP contribution in [-0.4, -0.2) is 16.3 Å². The van der Waals surface area contributed by atoms with Gasteiger partial charge in [0.1, 0.15) is 0 Å². The first kappa shape index (κ1) is 13.2. The van der Waals surface area contributed by atoms with Gasteiger partial charge in [0.05, 0.1) is 11.1 Å². The molecule has 0 unspecified atom stereocenters. The third-order valence-corrected chi connectivity index (χ3v) is 3.73. The van der Waals surface area contributed by atoms with Crippen molar-refractivity contribution in [3.63, 3.8) is 0 Å². The zero-order valence-corrected chi connectivity index (χ0v) is 11.9. The van der Waals surface area contributed by atoms with Gasteiger partial charge in [-0.15, -0.1) is 0 Å². The molecule has 0 spiro atoms. The Bertz CT molecular complexity index is 520. The van der Waals surface area contributed by atoms with Crippen LogP contribution in [0, 0.1) is 6.92 Å². The van der Waals surface area contributed by atoms with Crippen LogP contribution in [0.3, 0.4) is 0 Å². The van der Waals surface area contributed by atoms with E-state index in [1.165, 1.54) is 20.9 Å². The lowest BCUT2D eigenvalue weighted by molar-refractivity contribution is 0.723. The monoisotopic (exact) mass is 261 g/mol. The molecule has 4 heteroatoms. The maximum atomic E-state index is 4.18. The summed E-state index contributed by atoms with van der Waals surface area (Å²) in [6, 6.07) is 6.62. The predicted octanol–water partition coefficient (Wildman–Crippen LogP) is 2.99. The number of aryl methyl sites for hydroxylation is 2. The predicted molar refractivity (Wildman–Crippen MR) is 75.9 cm³/mol. The van der Waals surface area contributed by atoms with Crippen molar-refractivity contribution in [1.82, 2.24) is 15.1 Å². The number of benzene rings is 1. The third kappa shape index (κ3) is 3.37. The van der Waals surface area contributed by atoms with E-state index in [9.17, 15) is 0 Å². The SMILES string of the molecule is CCNCc1ccc(Sc2cnn(C)c2)cc1C. The zero-order valence-electron chi connectivity index (χ0n) is 11.1. The van der Waals surface area contributed by atoms with Gasteiger partial charge in [-0.2, -0.15) is 5.10 Å². The summed E-state index contributed by atoms with van der Waals surface area (Å²) in [4.78, 5) is 2.44. The van der Waals surface area contributed by atoms with E-state index in [0.29, 0.717) is 0 Å². The Morgan fingerprint density at radius 3 is 2.78 bits per heavy atom. The van der Waals surface area contributed by atoms with E-state index >= 15 is 0 Å². The Morgan fingerprint density at radius 1 is 1.33 bits per heavy atom. The Hall–Kier alpha value is -1.26. The van der Waals surface area contributed by atoms with Gasteiger partial charge in [0.15, 0.2) is 0 Å². The smallest absolute Gasteiger partial charge is 0.0629 e. The second-order valence-electron chi connectivity index (χ2n) is 4.32. The van der Waals surface area contributed by atoms with E-state index < -0.39 is 0 Å². The maximum Gasteiger partial charge on any atom is 0.0629 e. The van der Waals surface area contributed by atoms with Crippen LogP contribution in [0.2, 0.25) is 0 Å². The molecule has 1 aromatic heterocycles. The third-order valence-electron chi connectivity index (χ3n) is 2.80. The molecule has 0 aliphatic heterocycles. The average Bonchev–Trinajstić information content (AvgIpc) is 2.74. The van der Waals surface area contributed by atoms with E-state index in [4.69, 9.17) is 0 Å². The largest absolute Gasteiger partial charge is 0.313 e. The van der Waals surface area contributed by atoms with Gasteiger partial charge in [0.2, 0.25) is 0 Å². The minimum Gasteiger partial charge on any atom is -0.313 e. The number of hydrogen-bond donors (Lipinski definition) is 1. The Labute approximate surface area is 113 Å². The highest BCUT2D eigenvalue weighted by atomic mass is 32.2. The number of aromatic nitrogens is 2. The van der Waals surface area contributed by atoms with Crippen LogP contribution in [0.5, 0.6) is 0 Å². The minimum atomic E-state index is 0.945. The molecular formula is C14H19N3S. The lowest BCUT2D eigenvalue weighted by Gasteiger charge is -2.08. The average molecular weight is 261 g/mol. The number of nitrogens with one attached hydrogen (secondary N) is 1. The Balaban J connectivity index is 2.08. The fourth-order valence-corrected chi connectivity index (χ4v) is 2.73. The summed E-state index contributed by atoms with van der Waals surface area (Å²) in [5.74, 6) is 0. The summed E-state index contributed by atoms with van der Waals surface area (Å²) in [6.45, 7) is 6.24. The standard InChI is InChI=1S/C14H19N3S/c1-4-15-8-12-5-6-13(7-11(12)2)18-14-9-16-17(3)10-14/h5-7,9-10,15H,4,8H2,1-3H3. The molecule has 0 atom stereocenters. The van der Waals surface area contributed by atoms with Crippen molar-refractivity contribution in [2.45, 2.75) is 30.2 Å². The number of nitrogens with zero attached hydrogens (tertiary/aromatic N) is 2. The highest BCUT2D eigenvalue weighted by Crippen LogP contribution is 2.28. The second kappa shape index (κ2) is 6.07. The fraction of sp³-hybridized carbons (Fsp3) is 0.357. The highest BCUT2D eigenvalue weighted by molar-refractivity contribution is 7.99. The van der Waals surface area contributed by atoms with Crippen LogP contribution in [-0.2, 0) is 13.6 Å². The molecule has 1 N–H and O–H groups in total. The van der Waals surface area contributed by atoms with Crippen molar-refractivity contribution < 1.29 is 0 Å². The maximum absolute atomic E-state index is 4.18. The normalized spacial score (nSPS) is 10.8. The molecule has 0 aliphatic rings. The summed E-state index contributed by atoms with van der Waals surface area (Å²) in [5, 5.41) is 7.54. The van der Waals surface area contributed by atoms with Crippen molar-refractivity contribution in [3.8, 4) is 0 Å². The molecule has 0 saturated carbocycles. The van der Waals surface area contributed by atoms with Gasteiger partial charge in [-0.25, -0.2) is 0 Å². The summed E-state index contributed by atoms with van der Waals surface area (Å²) in [6.07, 6.45) is 3.93. The molecule has 0 radical (unpaired) electrons. The second-order valence-corrected chi connectivity index (χ2v) is 5.47. The number of hydrogen-bond acceptors (Lipinski definition) is 3. The van der Waals surface area contributed by atoms with Crippen LogP contribution in [0.1, 0.15) is 18.1 Å². The van der Waals surface area contributed by atoms with E-state index in [0.717, 1.165) is 13.1 Å². The van der Waals surface area contributed by atoms with E-state index in [1.807, 2.05) is 24.1 Å². The molecule has 0 bridgehead atoms. The first-order valence-electron chi connectivity index (χ1n) is 6.16. The quantitative estimate of drug-likeness (QED) is 0.897. The van der Waals surface area contributed by atoms with Gasteiger partial charge < -0.3 is 5.32 Å². The van der Waals surface area contributed by atoms with Crippen molar-refractivity contribution in [1.29, 1.82) is 0 Å². The summed E-state index contributed by atoms with van der Waals surface area (Å²) in [5.41, 5.74) is 2.71. The molecule has 18 heavy (non-hydrogen) atoms. The van der Waals surface area contributed by atoms with Crippen LogP contribution in [0.4, 0.5) is 0 Å². The molecule has 2 rings (SSSR count). The molecule has 2 aromatic rings. The van der Waals surface area contributed by atoms with Gasteiger partial charge in [0.25, 0.3) is 0 Å². The molecule has 0 fully saturated rings. The van der Waals surface area contributed by atoms with Crippen molar-refractivity contribution in [2.24, 2.45) is 7.05 Å². The highest BCUT2D eigenvalue weighted by Gasteiger charge is 2.03. The van der Waals surface area contributed by atoms with Gasteiger partial charge in [-0.05, 0) is 36.7 Å². The van der Waals surface area contributed by atoms with Crippen LogP contribution in [0.25, 0.3) is 0 Å². The summed E-state index contributed by atoms with van der Waals surface area (Å²) < 4.78 is 1.83. The molecule has 3 nitrogen and oxygen atoms in total. The van der Waals surface area contributed by atoms with E-state index in [-0.39, 0.29) is 0 Å². The van der Waals surface area contributed by atoms with Crippen LogP contribution < -0.4 is 5.32 Å². The topological polar surface area (TPSA) is 29.9 Å². The zero-order chi connectivity index (χ0) is 13.0. The fourth-order valence-electron chi connectivity index (χ4n) is 1.78. The Morgan fingerprint density at radius 2 is 2.17 bits per heavy atom. The van der Waals surface area contributed by atoms with Gasteiger partial charge >= 0.3 is 0 Å². The molecular weight excluding hydrogens is 242 g/mol. The molecule has 0 aliphatic carbocycles. The van der Waals surface area contributed by atoms with E-state index in [1.54, 1.807) is 11.8 Å². The lowest BCUT2D eigenvalue weighted by atomic mass is 10.1. The molecule has 0 amide bonds. The van der Waals surface area contributed by atoms with Crippen LogP contribution >= 0.6 is 11.8 Å².